The zero-order valence-corrected chi connectivity index (χ0v) is 23.0. The fraction of sp³-hybridized carbons (Fsp3) is 0.815. The predicted molar refractivity (Wildman–Crippen MR) is 145 cm³/mol. The van der Waals surface area contributed by atoms with Crippen molar-refractivity contribution in [3.63, 3.8) is 0 Å². The van der Waals surface area contributed by atoms with Crippen molar-refractivity contribution in [2.45, 2.75) is 112 Å². The Hall–Kier alpha value is -1.48. The van der Waals surface area contributed by atoms with Crippen LogP contribution in [0.2, 0.25) is 0 Å². The molecule has 0 aromatic carbocycles. The molecule has 0 rings (SSSR count). The first kappa shape index (κ1) is 31.5. The first-order valence-electron chi connectivity index (χ1n) is 12.9. The lowest BCUT2D eigenvalue weighted by molar-refractivity contribution is -0.120. The maximum atomic E-state index is 11.7. The summed E-state index contributed by atoms with van der Waals surface area (Å²) in [7, 11) is 0. The number of amides is 1. The van der Waals surface area contributed by atoms with E-state index in [-0.39, 0.29) is 11.7 Å². The van der Waals surface area contributed by atoms with Crippen LogP contribution in [0.3, 0.4) is 0 Å². The molecule has 0 bridgehead atoms. The fourth-order valence-corrected chi connectivity index (χ4v) is 4.86. The predicted octanol–water partition coefficient (Wildman–Crippen LogP) is 6.84. The zero-order chi connectivity index (χ0) is 25.1. The van der Waals surface area contributed by atoms with Gasteiger partial charge < -0.3 is 11.1 Å². The van der Waals surface area contributed by atoms with Gasteiger partial charge in [0.25, 0.3) is 0 Å². The highest BCUT2D eigenvalue weighted by Gasteiger charge is 2.15. The lowest BCUT2D eigenvalue weighted by Crippen LogP contribution is -2.46. The van der Waals surface area contributed by atoms with Gasteiger partial charge in [-0.3, -0.25) is 4.79 Å². The Kier molecular flexibility index (Phi) is 19.0. The second kappa shape index (κ2) is 19.9. The quantitative estimate of drug-likeness (QED) is 0.0699. The lowest BCUT2D eigenvalue weighted by atomic mass is 9.91. The smallest absolute Gasteiger partial charge is 0.220 e. The van der Waals surface area contributed by atoms with Crippen molar-refractivity contribution in [3.8, 4) is 6.19 Å². The number of nitrogens with one attached hydrogen (secondary N) is 1. The Balaban J connectivity index is 4.06. The highest BCUT2D eigenvalue weighted by atomic mass is 32.2. The number of aliphatic imine (C=N–C) groups is 1. The van der Waals surface area contributed by atoms with Crippen LogP contribution < -0.4 is 11.1 Å². The maximum absolute atomic E-state index is 11.7. The number of carbonyl (C=O) groups is 1. The third kappa shape index (κ3) is 18.6. The van der Waals surface area contributed by atoms with Crippen molar-refractivity contribution in [2.75, 3.05) is 11.5 Å². The second-order valence-electron chi connectivity index (χ2n) is 10.1. The van der Waals surface area contributed by atoms with E-state index in [2.05, 4.69) is 51.0 Å². The maximum Gasteiger partial charge on any atom is 0.220 e. The van der Waals surface area contributed by atoms with Crippen molar-refractivity contribution >= 4 is 23.5 Å². The van der Waals surface area contributed by atoms with E-state index in [4.69, 9.17) is 11.0 Å². The van der Waals surface area contributed by atoms with Crippen molar-refractivity contribution < 1.29 is 4.79 Å². The van der Waals surface area contributed by atoms with Gasteiger partial charge >= 0.3 is 0 Å². The number of hydrogen-bond acceptors (Lipinski definition) is 4. The number of allylic oxidation sites excluding steroid dienone is 1. The molecule has 0 aromatic rings. The molecule has 3 N–H and O–H groups in total. The van der Waals surface area contributed by atoms with Gasteiger partial charge in [-0.2, -0.15) is 22.0 Å². The molecular formula is C27H50N4OS. The van der Waals surface area contributed by atoms with E-state index in [1.165, 1.54) is 56.9 Å². The number of nitriles is 1. The standard InChI is InChI=1S/C27H50N4OS/c1-7-26(32)31-25(27(29)30-20-28)19-33-18-17-24(6)16-10-15-23(5)14-9-13-22(4)12-8-11-21(2)3/h17,21-23,25H,7-16,18-19H2,1-6H3,(H2,29,30)(H,31,32)/b24-17+. The highest BCUT2D eigenvalue weighted by molar-refractivity contribution is 7.99. The van der Waals surface area contributed by atoms with Gasteiger partial charge in [0, 0.05) is 17.9 Å². The summed E-state index contributed by atoms with van der Waals surface area (Å²) >= 11 is 1.70. The number of nitrogens with zero attached hydrogens (tertiary/aromatic N) is 2. The molecule has 5 nitrogen and oxygen atoms in total. The fourth-order valence-electron chi connectivity index (χ4n) is 3.83. The van der Waals surface area contributed by atoms with Crippen molar-refractivity contribution in [2.24, 2.45) is 28.5 Å². The molecule has 3 atom stereocenters. The van der Waals surface area contributed by atoms with E-state index >= 15 is 0 Å². The molecule has 0 radical (unpaired) electrons. The van der Waals surface area contributed by atoms with Crippen LogP contribution in [-0.2, 0) is 4.79 Å². The van der Waals surface area contributed by atoms with Gasteiger partial charge in [0.1, 0.15) is 5.84 Å². The average Bonchev–Trinajstić information content (AvgIpc) is 2.75. The van der Waals surface area contributed by atoms with Crippen LogP contribution in [0.25, 0.3) is 0 Å². The van der Waals surface area contributed by atoms with E-state index in [1.54, 1.807) is 24.9 Å². The highest BCUT2D eigenvalue weighted by Crippen LogP contribution is 2.22. The average molecular weight is 479 g/mol. The van der Waals surface area contributed by atoms with Crippen LogP contribution in [0.1, 0.15) is 106 Å². The summed E-state index contributed by atoms with van der Waals surface area (Å²) in [5.41, 5.74) is 7.25. The molecule has 0 fully saturated rings. The summed E-state index contributed by atoms with van der Waals surface area (Å²) in [5.74, 6) is 4.08. The minimum atomic E-state index is -0.394. The topological polar surface area (TPSA) is 91.3 Å². The third-order valence-electron chi connectivity index (χ3n) is 6.17. The first-order valence-corrected chi connectivity index (χ1v) is 14.1. The van der Waals surface area contributed by atoms with Gasteiger partial charge in [-0.25, -0.2) is 0 Å². The molecule has 190 valence electrons. The number of nitrogens with two attached hydrogens (primary N) is 1. The molecule has 6 heteroatoms. The van der Waals surface area contributed by atoms with Gasteiger partial charge in [0.05, 0.1) is 6.04 Å². The molecule has 1 amide bonds. The summed E-state index contributed by atoms with van der Waals surface area (Å²) in [6.45, 7) is 13.4. The SMILES string of the molecule is CCC(=O)NC(CSC/C=C(\C)CCCC(C)CCCC(C)CCCC(C)C)/C(N)=N/C#N. The minimum absolute atomic E-state index is 0.0851. The number of amidine groups is 1. The Morgan fingerprint density at radius 2 is 1.64 bits per heavy atom. The summed E-state index contributed by atoms with van der Waals surface area (Å²) in [4.78, 5) is 15.3. The second-order valence-corrected chi connectivity index (χ2v) is 11.1. The molecule has 0 saturated carbocycles. The van der Waals surface area contributed by atoms with Gasteiger partial charge in [-0.05, 0) is 37.5 Å². The molecule has 0 aliphatic heterocycles. The Bertz CT molecular complexity index is 624. The molecule has 0 aromatic heterocycles. The molecule has 0 spiro atoms. The van der Waals surface area contributed by atoms with Gasteiger partial charge in [0.15, 0.2) is 0 Å². The zero-order valence-electron chi connectivity index (χ0n) is 22.2. The number of rotatable bonds is 19. The van der Waals surface area contributed by atoms with Crippen LogP contribution in [0, 0.1) is 29.2 Å². The summed E-state index contributed by atoms with van der Waals surface area (Å²) in [6.07, 6.45) is 16.3. The Morgan fingerprint density at radius 1 is 1.06 bits per heavy atom. The minimum Gasteiger partial charge on any atom is -0.385 e. The lowest BCUT2D eigenvalue weighted by Gasteiger charge is -2.16. The van der Waals surface area contributed by atoms with Crippen LogP contribution in [0.5, 0.6) is 0 Å². The number of carbonyl (C=O) groups excluding carboxylic acids is 1. The first-order chi connectivity index (χ1) is 15.7. The molecule has 0 saturated heterocycles. The van der Waals surface area contributed by atoms with Crippen LogP contribution in [-0.4, -0.2) is 29.3 Å². The van der Waals surface area contributed by atoms with Crippen molar-refractivity contribution in [3.05, 3.63) is 11.6 Å². The number of thioether (sulfide) groups is 1. The number of hydrogen-bond donors (Lipinski definition) is 2. The summed E-state index contributed by atoms with van der Waals surface area (Å²) < 4.78 is 0. The van der Waals surface area contributed by atoms with E-state index in [1.807, 2.05) is 0 Å². The van der Waals surface area contributed by atoms with Gasteiger partial charge in [0.2, 0.25) is 12.1 Å². The summed E-state index contributed by atoms with van der Waals surface area (Å²) in [6, 6.07) is -0.394. The molecule has 0 aliphatic carbocycles. The molecule has 33 heavy (non-hydrogen) atoms. The Morgan fingerprint density at radius 3 is 2.18 bits per heavy atom. The van der Waals surface area contributed by atoms with Gasteiger partial charge in [-0.15, -0.1) is 0 Å². The van der Waals surface area contributed by atoms with Crippen LogP contribution >= 0.6 is 11.8 Å². The Labute approximate surface area is 208 Å². The molecule has 0 heterocycles. The molecular weight excluding hydrogens is 428 g/mol. The summed E-state index contributed by atoms with van der Waals surface area (Å²) in [5, 5.41) is 11.6. The van der Waals surface area contributed by atoms with Crippen LogP contribution in [0.4, 0.5) is 0 Å². The van der Waals surface area contributed by atoms with Crippen LogP contribution in [0.15, 0.2) is 16.6 Å². The normalized spacial score (nSPS) is 15.2. The molecule has 0 aliphatic rings. The van der Waals surface area contributed by atoms with E-state index < -0.39 is 6.04 Å². The van der Waals surface area contributed by atoms with E-state index in [0.717, 1.165) is 29.9 Å². The monoisotopic (exact) mass is 478 g/mol. The van der Waals surface area contributed by atoms with E-state index in [0.29, 0.717) is 12.2 Å². The van der Waals surface area contributed by atoms with E-state index in [9.17, 15) is 4.79 Å². The van der Waals surface area contributed by atoms with Crippen molar-refractivity contribution in [1.29, 1.82) is 5.26 Å². The largest absolute Gasteiger partial charge is 0.385 e. The molecule has 3 unspecified atom stereocenters. The third-order valence-corrected chi connectivity index (χ3v) is 7.14. The van der Waals surface area contributed by atoms with Crippen molar-refractivity contribution in [1.82, 2.24) is 5.32 Å². The van der Waals surface area contributed by atoms with Gasteiger partial charge in [-0.1, -0.05) is 91.2 Å².